The van der Waals surface area contributed by atoms with Crippen LogP contribution in [0.4, 0.5) is 0 Å². The van der Waals surface area contributed by atoms with Crippen LogP contribution in [-0.2, 0) is 4.79 Å². The molecule has 0 aliphatic heterocycles. The van der Waals surface area contributed by atoms with E-state index >= 15 is 0 Å². The number of amides is 1. The zero-order valence-electron chi connectivity index (χ0n) is 8.74. The lowest BCUT2D eigenvalue weighted by atomic mass is 9.82. The largest absolute Gasteiger partial charge is 0.351 e. The predicted octanol–water partition coefficient (Wildman–Crippen LogP) is 2.83. The summed E-state index contributed by atoms with van der Waals surface area (Å²) in [4.78, 5) is 11.9. The Bertz CT molecular complexity index is 231. The fourth-order valence-electron chi connectivity index (χ4n) is 2.16. The van der Waals surface area contributed by atoms with Crippen molar-refractivity contribution in [2.45, 2.75) is 39.0 Å². The van der Waals surface area contributed by atoms with Crippen LogP contribution in [-0.4, -0.2) is 12.5 Å². The molecule has 0 saturated heterocycles. The van der Waals surface area contributed by atoms with Crippen LogP contribution in [0.5, 0.6) is 0 Å². The molecule has 14 heavy (non-hydrogen) atoms. The van der Waals surface area contributed by atoms with Gasteiger partial charge in [0.25, 0.3) is 0 Å². The molecule has 0 unspecified atom stereocenters. The molecule has 2 nitrogen and oxygen atoms in total. The molecule has 0 aromatic heterocycles. The molecule has 80 valence electrons. The molecule has 0 radical (unpaired) electrons. The number of rotatable bonds is 4. The van der Waals surface area contributed by atoms with Gasteiger partial charge in [-0.3, -0.25) is 4.79 Å². The highest BCUT2D eigenvalue weighted by Crippen LogP contribution is 2.41. The van der Waals surface area contributed by atoms with Gasteiger partial charge in [-0.15, -0.1) is 0 Å². The molecular formula is C11H18ClNO. The minimum Gasteiger partial charge on any atom is -0.351 e. The zero-order valence-corrected chi connectivity index (χ0v) is 9.49. The van der Waals surface area contributed by atoms with Crippen molar-refractivity contribution in [3.8, 4) is 0 Å². The molecule has 0 bridgehead atoms. The van der Waals surface area contributed by atoms with E-state index in [0.29, 0.717) is 11.6 Å². The van der Waals surface area contributed by atoms with Gasteiger partial charge in [-0.2, -0.15) is 0 Å². The molecule has 0 spiro atoms. The second kappa shape index (κ2) is 4.83. The van der Waals surface area contributed by atoms with Gasteiger partial charge in [-0.05, 0) is 19.3 Å². The number of halogens is 1. The number of hydrogen-bond donors (Lipinski definition) is 1. The SMILES string of the molecule is C=C(Cl)CNC(=O)C1(CC)CCCC1. The first-order valence-electron chi connectivity index (χ1n) is 5.22. The number of hydrogen-bond acceptors (Lipinski definition) is 1. The molecule has 1 N–H and O–H groups in total. The Kier molecular flexibility index (Phi) is 3.99. The van der Waals surface area contributed by atoms with Gasteiger partial charge in [0.05, 0.1) is 6.54 Å². The Balaban J connectivity index is 2.52. The molecule has 1 aliphatic carbocycles. The van der Waals surface area contributed by atoms with E-state index in [0.717, 1.165) is 19.3 Å². The summed E-state index contributed by atoms with van der Waals surface area (Å²) >= 11 is 5.61. The van der Waals surface area contributed by atoms with Crippen LogP contribution in [0, 0.1) is 5.41 Å². The molecule has 1 saturated carbocycles. The summed E-state index contributed by atoms with van der Waals surface area (Å²) in [6, 6.07) is 0. The lowest BCUT2D eigenvalue weighted by Crippen LogP contribution is -2.39. The van der Waals surface area contributed by atoms with Gasteiger partial charge in [0.2, 0.25) is 5.91 Å². The zero-order chi connectivity index (χ0) is 10.6. The summed E-state index contributed by atoms with van der Waals surface area (Å²) in [5.74, 6) is 0.152. The van der Waals surface area contributed by atoms with Crippen molar-refractivity contribution in [1.82, 2.24) is 5.32 Å². The second-order valence-corrected chi connectivity index (χ2v) is 4.58. The summed E-state index contributed by atoms with van der Waals surface area (Å²) in [6.45, 7) is 6.03. The third-order valence-electron chi connectivity index (χ3n) is 3.16. The third-order valence-corrected chi connectivity index (χ3v) is 3.29. The Morgan fingerprint density at radius 1 is 1.50 bits per heavy atom. The minimum atomic E-state index is -0.119. The number of nitrogens with one attached hydrogen (secondary N) is 1. The van der Waals surface area contributed by atoms with Crippen LogP contribution in [0.2, 0.25) is 0 Å². The van der Waals surface area contributed by atoms with E-state index in [-0.39, 0.29) is 11.3 Å². The van der Waals surface area contributed by atoms with Gasteiger partial charge >= 0.3 is 0 Å². The second-order valence-electron chi connectivity index (χ2n) is 4.04. The summed E-state index contributed by atoms with van der Waals surface area (Å²) in [5.41, 5.74) is -0.119. The maximum absolute atomic E-state index is 11.9. The summed E-state index contributed by atoms with van der Waals surface area (Å²) in [7, 11) is 0. The first kappa shape index (κ1) is 11.6. The minimum absolute atomic E-state index is 0.119. The van der Waals surface area contributed by atoms with Crippen LogP contribution in [0.1, 0.15) is 39.0 Å². The average Bonchev–Trinajstić information content (AvgIpc) is 2.63. The van der Waals surface area contributed by atoms with Crippen molar-refractivity contribution in [3.05, 3.63) is 11.6 Å². The van der Waals surface area contributed by atoms with Crippen LogP contribution in [0.15, 0.2) is 11.6 Å². The molecule has 1 aliphatic rings. The quantitative estimate of drug-likeness (QED) is 0.768. The Morgan fingerprint density at radius 2 is 2.07 bits per heavy atom. The highest BCUT2D eigenvalue weighted by atomic mass is 35.5. The fraction of sp³-hybridized carbons (Fsp3) is 0.727. The van der Waals surface area contributed by atoms with Crippen molar-refractivity contribution < 1.29 is 4.79 Å². The van der Waals surface area contributed by atoms with Gasteiger partial charge in [0.15, 0.2) is 0 Å². The van der Waals surface area contributed by atoms with Gasteiger partial charge in [0.1, 0.15) is 0 Å². The van der Waals surface area contributed by atoms with E-state index in [4.69, 9.17) is 11.6 Å². The molecule has 1 fully saturated rings. The predicted molar refractivity (Wildman–Crippen MR) is 59.2 cm³/mol. The van der Waals surface area contributed by atoms with Crippen LogP contribution >= 0.6 is 11.6 Å². The van der Waals surface area contributed by atoms with Crippen molar-refractivity contribution in [3.63, 3.8) is 0 Å². The highest BCUT2D eigenvalue weighted by Gasteiger charge is 2.38. The van der Waals surface area contributed by atoms with Crippen LogP contribution in [0.25, 0.3) is 0 Å². The van der Waals surface area contributed by atoms with Crippen molar-refractivity contribution in [2.75, 3.05) is 6.54 Å². The van der Waals surface area contributed by atoms with E-state index in [1.54, 1.807) is 0 Å². The smallest absolute Gasteiger partial charge is 0.226 e. The molecule has 0 aromatic carbocycles. The van der Waals surface area contributed by atoms with Crippen LogP contribution < -0.4 is 5.32 Å². The molecule has 1 amide bonds. The topological polar surface area (TPSA) is 29.1 Å². The van der Waals surface area contributed by atoms with Crippen molar-refractivity contribution in [1.29, 1.82) is 0 Å². The van der Waals surface area contributed by atoms with E-state index in [1.165, 1.54) is 12.8 Å². The summed E-state index contributed by atoms with van der Waals surface area (Å²) in [5, 5.41) is 3.33. The maximum atomic E-state index is 11.9. The van der Waals surface area contributed by atoms with E-state index < -0.39 is 0 Å². The molecule has 0 aromatic rings. The summed E-state index contributed by atoms with van der Waals surface area (Å²) in [6.07, 6.45) is 5.30. The monoisotopic (exact) mass is 215 g/mol. The van der Waals surface area contributed by atoms with E-state index in [1.807, 2.05) is 0 Å². The first-order chi connectivity index (χ1) is 6.60. The maximum Gasteiger partial charge on any atom is 0.226 e. The Labute approximate surface area is 90.7 Å². The molecule has 3 heteroatoms. The lowest BCUT2D eigenvalue weighted by molar-refractivity contribution is -0.130. The van der Waals surface area contributed by atoms with Crippen LogP contribution in [0.3, 0.4) is 0 Å². The van der Waals surface area contributed by atoms with E-state index in [9.17, 15) is 4.79 Å². The number of carbonyl (C=O) groups is 1. The fourth-order valence-corrected chi connectivity index (χ4v) is 2.22. The van der Waals surface area contributed by atoms with Gasteiger partial charge in [-0.1, -0.05) is 37.9 Å². The third kappa shape index (κ3) is 2.50. The normalized spacial score (nSPS) is 19.3. The summed E-state index contributed by atoms with van der Waals surface area (Å²) < 4.78 is 0. The molecule has 0 heterocycles. The van der Waals surface area contributed by atoms with Gasteiger partial charge in [0, 0.05) is 10.4 Å². The Morgan fingerprint density at radius 3 is 2.50 bits per heavy atom. The van der Waals surface area contributed by atoms with E-state index in [2.05, 4.69) is 18.8 Å². The Hall–Kier alpha value is -0.500. The lowest BCUT2D eigenvalue weighted by Gasteiger charge is -2.25. The average molecular weight is 216 g/mol. The molecular weight excluding hydrogens is 198 g/mol. The molecule has 0 atom stereocenters. The molecule has 1 rings (SSSR count). The standard InChI is InChI=1S/C11H18ClNO/c1-3-11(6-4-5-7-11)10(14)13-8-9(2)12/h2-8H2,1H3,(H,13,14). The first-order valence-corrected chi connectivity index (χ1v) is 5.60. The van der Waals surface area contributed by atoms with Crippen molar-refractivity contribution in [2.24, 2.45) is 5.41 Å². The highest BCUT2D eigenvalue weighted by molar-refractivity contribution is 6.29. The number of carbonyl (C=O) groups excluding carboxylic acids is 1. The van der Waals surface area contributed by atoms with Crippen molar-refractivity contribution >= 4 is 17.5 Å². The van der Waals surface area contributed by atoms with Gasteiger partial charge in [-0.25, -0.2) is 0 Å². The van der Waals surface area contributed by atoms with Gasteiger partial charge < -0.3 is 5.32 Å².